The molecule has 0 amide bonds. The second-order valence-electron chi connectivity index (χ2n) is 11.7. The van der Waals surface area contributed by atoms with Gasteiger partial charge in [0.2, 0.25) is 0 Å². The van der Waals surface area contributed by atoms with E-state index in [0.717, 1.165) is 27.6 Å². The van der Waals surface area contributed by atoms with Gasteiger partial charge in [-0.05, 0) is 51.1 Å². The maximum atomic E-state index is 6.76. The summed E-state index contributed by atoms with van der Waals surface area (Å²) in [5.41, 5.74) is 5.48. The van der Waals surface area contributed by atoms with Crippen LogP contribution >= 0.6 is 0 Å². The van der Waals surface area contributed by atoms with Gasteiger partial charge in [-0.25, -0.2) is 0 Å². The van der Waals surface area contributed by atoms with Crippen molar-refractivity contribution < 1.29 is 4.42 Å². The van der Waals surface area contributed by atoms with Crippen molar-refractivity contribution in [2.24, 2.45) is 0 Å². The van der Waals surface area contributed by atoms with Crippen LogP contribution in [0.1, 0.15) is 0 Å². The zero-order valence-electron chi connectivity index (χ0n) is 24.6. The number of para-hydroxylation sites is 4. The predicted octanol–water partition coefficient (Wildman–Crippen LogP) is 8.06. The van der Waals surface area contributed by atoms with Crippen LogP contribution in [0.5, 0.6) is 0 Å². The Bertz CT molecular complexity index is 2380. The maximum Gasteiger partial charge on any atom is 0.184 e. The van der Waals surface area contributed by atoms with Gasteiger partial charge in [0, 0.05) is 27.2 Å². The van der Waals surface area contributed by atoms with E-state index in [4.69, 9.17) is 4.42 Å². The average molecular weight is 592 g/mol. The minimum Gasteiger partial charge on any atom is -0.456 e. The summed E-state index contributed by atoms with van der Waals surface area (Å²) in [7, 11) is -2.85. The normalized spacial score (nSPS) is 12.0. The lowest BCUT2D eigenvalue weighted by molar-refractivity contribution is 0.671. The zero-order valence-corrected chi connectivity index (χ0v) is 25.6. The summed E-state index contributed by atoms with van der Waals surface area (Å²) in [4.78, 5) is 0. The van der Waals surface area contributed by atoms with Crippen molar-refractivity contribution >= 4 is 72.6 Å². The Morgan fingerprint density at radius 1 is 0.378 bits per heavy atom. The molecule has 0 fully saturated rings. The van der Waals surface area contributed by atoms with Crippen molar-refractivity contribution in [1.29, 1.82) is 0 Å². The van der Waals surface area contributed by atoms with Crippen molar-refractivity contribution in [3.8, 4) is 5.69 Å². The molecular formula is C42H29NOSi. The van der Waals surface area contributed by atoms with Crippen LogP contribution in [-0.2, 0) is 0 Å². The van der Waals surface area contributed by atoms with E-state index >= 15 is 0 Å². The van der Waals surface area contributed by atoms with Crippen molar-refractivity contribution in [3.63, 3.8) is 0 Å². The standard InChI is InChI=1S/C42H29NOSi/c1-3-14-31(15-4-1)45(32-16-5-2-6-17-32,41-25-13-21-37-36-20-9-12-24-40(36)44-42(37)41)33-28-26-30(27-29-33)43-38-22-10-7-18-34(38)35-19-8-11-23-39(35)43/h1-29H. The number of nitrogens with zero attached hydrogens (tertiary/aromatic N) is 1. The third-order valence-corrected chi connectivity index (χ3v) is 14.2. The molecule has 0 aliphatic heterocycles. The molecule has 0 unspecified atom stereocenters. The summed E-state index contributed by atoms with van der Waals surface area (Å²) >= 11 is 0. The highest BCUT2D eigenvalue weighted by Gasteiger charge is 2.43. The smallest absolute Gasteiger partial charge is 0.184 e. The second kappa shape index (κ2) is 10.2. The summed E-state index contributed by atoms with van der Waals surface area (Å²) in [6.07, 6.45) is 0. The third kappa shape index (κ3) is 3.81. The van der Waals surface area contributed by atoms with Gasteiger partial charge >= 0.3 is 0 Å². The number of hydrogen-bond acceptors (Lipinski definition) is 1. The van der Waals surface area contributed by atoms with Gasteiger partial charge in [-0.3, -0.25) is 0 Å². The number of hydrogen-bond donors (Lipinski definition) is 0. The summed E-state index contributed by atoms with van der Waals surface area (Å²) in [6, 6.07) is 64.0. The molecule has 0 aliphatic rings. The Labute approximate surface area is 262 Å². The lowest BCUT2D eigenvalue weighted by atomic mass is 10.1. The number of furan rings is 1. The molecule has 0 N–H and O–H groups in total. The van der Waals surface area contributed by atoms with E-state index in [9.17, 15) is 0 Å². The van der Waals surface area contributed by atoms with Gasteiger partial charge in [-0.2, -0.15) is 0 Å². The summed E-state index contributed by atoms with van der Waals surface area (Å²) < 4.78 is 9.16. The van der Waals surface area contributed by atoms with Crippen LogP contribution in [0.3, 0.4) is 0 Å². The monoisotopic (exact) mass is 591 g/mol. The lowest BCUT2D eigenvalue weighted by Gasteiger charge is -2.34. The van der Waals surface area contributed by atoms with Crippen LogP contribution < -0.4 is 20.7 Å². The Hall–Kier alpha value is -5.64. The average Bonchev–Trinajstić information content (AvgIpc) is 3.66. The minimum atomic E-state index is -2.85. The Kier molecular flexibility index (Phi) is 5.87. The topological polar surface area (TPSA) is 18.1 Å². The van der Waals surface area contributed by atoms with Gasteiger partial charge in [-0.1, -0.05) is 146 Å². The second-order valence-corrected chi connectivity index (χ2v) is 15.4. The number of aromatic nitrogens is 1. The molecule has 2 nitrogen and oxygen atoms in total. The number of rotatable bonds is 5. The first-order valence-corrected chi connectivity index (χ1v) is 17.4. The molecule has 9 aromatic rings. The molecule has 0 saturated carbocycles. The first-order valence-electron chi connectivity index (χ1n) is 15.4. The SMILES string of the molecule is c1ccc([Si](c2ccccc2)(c2ccc(-n3c4ccccc4c4ccccc43)cc2)c2cccc3c2oc2ccccc23)cc1. The first kappa shape index (κ1) is 25.8. The molecule has 2 heterocycles. The minimum absolute atomic E-state index is 0.922. The molecule has 9 rings (SSSR count). The Morgan fingerprint density at radius 2 is 0.867 bits per heavy atom. The molecule has 0 saturated heterocycles. The predicted molar refractivity (Wildman–Crippen MR) is 192 cm³/mol. The Balaban J connectivity index is 1.36. The number of benzene rings is 7. The van der Waals surface area contributed by atoms with Crippen LogP contribution in [0.15, 0.2) is 180 Å². The summed E-state index contributed by atoms with van der Waals surface area (Å²) in [5.74, 6) is 0. The van der Waals surface area contributed by atoms with Gasteiger partial charge in [0.05, 0.1) is 11.0 Å². The van der Waals surface area contributed by atoms with E-state index in [0.29, 0.717) is 0 Å². The highest BCUT2D eigenvalue weighted by Crippen LogP contribution is 2.32. The lowest BCUT2D eigenvalue weighted by Crippen LogP contribution is -2.74. The van der Waals surface area contributed by atoms with E-state index in [2.05, 4.69) is 180 Å². The molecule has 0 atom stereocenters. The fourth-order valence-electron chi connectivity index (χ4n) is 7.45. The van der Waals surface area contributed by atoms with Crippen LogP contribution in [-0.4, -0.2) is 12.6 Å². The Morgan fingerprint density at radius 3 is 1.49 bits per heavy atom. The van der Waals surface area contributed by atoms with Gasteiger partial charge in [0.1, 0.15) is 11.2 Å². The quantitative estimate of drug-likeness (QED) is 0.146. The van der Waals surface area contributed by atoms with Gasteiger partial charge in [0.15, 0.2) is 8.07 Å². The van der Waals surface area contributed by atoms with Crippen molar-refractivity contribution in [2.75, 3.05) is 0 Å². The molecule has 7 aromatic carbocycles. The molecule has 2 aromatic heterocycles. The van der Waals surface area contributed by atoms with Gasteiger partial charge < -0.3 is 8.98 Å². The van der Waals surface area contributed by atoms with Crippen LogP contribution in [0, 0.1) is 0 Å². The molecule has 0 bridgehead atoms. The molecule has 0 aliphatic carbocycles. The van der Waals surface area contributed by atoms with Crippen LogP contribution in [0.2, 0.25) is 0 Å². The highest BCUT2D eigenvalue weighted by atomic mass is 28.3. The number of fused-ring (bicyclic) bond motifs is 6. The van der Waals surface area contributed by atoms with Crippen LogP contribution in [0.4, 0.5) is 0 Å². The fourth-order valence-corrected chi connectivity index (χ4v) is 12.3. The molecule has 3 heteroatoms. The third-order valence-electron chi connectivity index (χ3n) is 9.36. The van der Waals surface area contributed by atoms with E-state index in [-0.39, 0.29) is 0 Å². The first-order chi connectivity index (χ1) is 22.3. The van der Waals surface area contributed by atoms with Crippen LogP contribution in [0.25, 0.3) is 49.4 Å². The van der Waals surface area contributed by atoms with Crippen molar-refractivity contribution in [3.05, 3.63) is 176 Å². The highest BCUT2D eigenvalue weighted by molar-refractivity contribution is 7.20. The summed E-state index contributed by atoms with van der Waals surface area (Å²) in [5, 5.41) is 10.1. The fraction of sp³-hybridized carbons (Fsp3) is 0. The van der Waals surface area contributed by atoms with E-state index < -0.39 is 8.07 Å². The molecule has 0 spiro atoms. The molecule has 0 radical (unpaired) electrons. The summed E-state index contributed by atoms with van der Waals surface area (Å²) in [6.45, 7) is 0. The molecule has 212 valence electrons. The van der Waals surface area contributed by atoms with E-state index in [1.54, 1.807) is 0 Å². The molecule has 45 heavy (non-hydrogen) atoms. The van der Waals surface area contributed by atoms with E-state index in [1.165, 1.54) is 42.6 Å². The van der Waals surface area contributed by atoms with Crippen molar-refractivity contribution in [2.45, 2.75) is 0 Å². The maximum absolute atomic E-state index is 6.76. The van der Waals surface area contributed by atoms with E-state index in [1.807, 2.05) is 0 Å². The van der Waals surface area contributed by atoms with Gasteiger partial charge in [0.25, 0.3) is 0 Å². The van der Waals surface area contributed by atoms with Gasteiger partial charge in [-0.15, -0.1) is 0 Å². The largest absolute Gasteiger partial charge is 0.456 e. The molecular weight excluding hydrogens is 563 g/mol. The van der Waals surface area contributed by atoms with Crippen molar-refractivity contribution in [1.82, 2.24) is 4.57 Å². The zero-order chi connectivity index (χ0) is 29.8.